The molecule has 2 amide bonds. The maximum absolute atomic E-state index is 13.0. The van der Waals surface area contributed by atoms with Crippen molar-refractivity contribution >= 4 is 23.2 Å². The quantitative estimate of drug-likeness (QED) is 0.565. The predicted octanol–water partition coefficient (Wildman–Crippen LogP) is 3.49. The van der Waals surface area contributed by atoms with Crippen LogP contribution in [-0.4, -0.2) is 33.9 Å². The molecule has 0 saturated carbocycles. The molecular formula is C24H28N4O4. The van der Waals surface area contributed by atoms with Crippen molar-refractivity contribution in [1.82, 2.24) is 9.36 Å². The molecule has 2 N–H and O–H groups in total. The average molecular weight is 437 g/mol. The maximum Gasteiger partial charge on any atom is 0.295 e. The molecular weight excluding hydrogens is 408 g/mol. The fraction of sp³-hybridized carbons (Fsp3) is 0.292. The van der Waals surface area contributed by atoms with Crippen LogP contribution in [0, 0.1) is 6.92 Å². The predicted molar refractivity (Wildman–Crippen MR) is 124 cm³/mol. The molecule has 32 heavy (non-hydrogen) atoms. The van der Waals surface area contributed by atoms with E-state index < -0.39 is 12.0 Å². The SMILES string of the molecule is CCO[C@H](CC)C(=O)Nc1cccc(C(=O)Nc2c(C)n(C)n(-c3ccccc3)c2=O)c1. The Bertz CT molecular complexity index is 1160. The summed E-state index contributed by atoms with van der Waals surface area (Å²) in [6, 6.07) is 15.8. The molecule has 1 heterocycles. The standard InChI is InChI=1S/C24H28N4O4/c1-5-20(32-6-2)23(30)25-18-12-10-11-17(15-18)22(29)26-21-16(3)27(4)28(24(21)31)19-13-8-7-9-14-19/h7-15,20H,5-6H2,1-4H3,(H,25,30)(H,26,29)/t20-/m1/s1. The second-order valence-electron chi connectivity index (χ2n) is 7.31. The number of hydrogen-bond acceptors (Lipinski definition) is 4. The highest BCUT2D eigenvalue weighted by atomic mass is 16.5. The lowest BCUT2D eigenvalue weighted by atomic mass is 10.1. The molecule has 2 aromatic carbocycles. The Labute approximate surface area is 186 Å². The van der Waals surface area contributed by atoms with E-state index >= 15 is 0 Å². The van der Waals surface area contributed by atoms with E-state index in [0.717, 1.165) is 0 Å². The summed E-state index contributed by atoms with van der Waals surface area (Å²) in [5, 5.41) is 5.51. The Morgan fingerprint density at radius 1 is 1.03 bits per heavy atom. The molecule has 1 aromatic heterocycles. The highest BCUT2D eigenvalue weighted by Gasteiger charge is 2.20. The summed E-state index contributed by atoms with van der Waals surface area (Å²) in [4.78, 5) is 38.3. The summed E-state index contributed by atoms with van der Waals surface area (Å²) in [5.74, 6) is -0.708. The minimum atomic E-state index is -0.555. The van der Waals surface area contributed by atoms with Gasteiger partial charge < -0.3 is 15.4 Å². The van der Waals surface area contributed by atoms with Crippen molar-refractivity contribution in [2.45, 2.75) is 33.3 Å². The highest BCUT2D eigenvalue weighted by Crippen LogP contribution is 2.17. The number of nitrogens with one attached hydrogen (secondary N) is 2. The normalized spacial score (nSPS) is 11.8. The van der Waals surface area contributed by atoms with E-state index in [0.29, 0.717) is 35.7 Å². The van der Waals surface area contributed by atoms with Crippen LogP contribution in [0.25, 0.3) is 5.69 Å². The zero-order valence-corrected chi connectivity index (χ0v) is 18.7. The number of aromatic nitrogens is 2. The third-order valence-electron chi connectivity index (χ3n) is 5.22. The van der Waals surface area contributed by atoms with Crippen LogP contribution < -0.4 is 16.2 Å². The van der Waals surface area contributed by atoms with Gasteiger partial charge in [0, 0.05) is 24.9 Å². The van der Waals surface area contributed by atoms with E-state index in [1.165, 1.54) is 4.68 Å². The number of carbonyl (C=O) groups is 2. The Balaban J connectivity index is 1.82. The van der Waals surface area contributed by atoms with E-state index in [9.17, 15) is 14.4 Å². The third-order valence-corrected chi connectivity index (χ3v) is 5.22. The van der Waals surface area contributed by atoms with Crippen molar-refractivity contribution < 1.29 is 14.3 Å². The molecule has 0 bridgehead atoms. The first kappa shape index (κ1) is 23.0. The Hall–Kier alpha value is -3.65. The number of hydrogen-bond donors (Lipinski definition) is 2. The van der Waals surface area contributed by atoms with Gasteiger partial charge in [-0.3, -0.25) is 19.1 Å². The number of ether oxygens (including phenoxy) is 1. The second-order valence-corrected chi connectivity index (χ2v) is 7.31. The van der Waals surface area contributed by atoms with Crippen molar-refractivity contribution in [2.24, 2.45) is 7.05 Å². The van der Waals surface area contributed by atoms with Crippen molar-refractivity contribution in [3.05, 3.63) is 76.2 Å². The van der Waals surface area contributed by atoms with Crippen LogP contribution in [-0.2, 0) is 16.6 Å². The Morgan fingerprint density at radius 3 is 2.41 bits per heavy atom. The van der Waals surface area contributed by atoms with Gasteiger partial charge in [0.2, 0.25) is 0 Å². The summed E-state index contributed by atoms with van der Waals surface area (Å²) in [6.45, 7) is 5.91. The van der Waals surface area contributed by atoms with Crippen LogP contribution >= 0.6 is 0 Å². The minimum absolute atomic E-state index is 0.207. The molecule has 168 valence electrons. The molecule has 0 fully saturated rings. The Kier molecular flexibility index (Phi) is 7.27. The molecule has 0 saturated heterocycles. The largest absolute Gasteiger partial charge is 0.369 e. The molecule has 0 spiro atoms. The van der Waals surface area contributed by atoms with Crippen LogP contribution in [0.2, 0.25) is 0 Å². The summed E-state index contributed by atoms with van der Waals surface area (Å²) in [5.41, 5.74) is 2.01. The van der Waals surface area contributed by atoms with Crippen molar-refractivity contribution in [3.8, 4) is 5.69 Å². The summed E-state index contributed by atoms with van der Waals surface area (Å²) < 4.78 is 8.62. The summed E-state index contributed by atoms with van der Waals surface area (Å²) >= 11 is 0. The van der Waals surface area contributed by atoms with Crippen LogP contribution in [0.4, 0.5) is 11.4 Å². The maximum atomic E-state index is 13.0. The smallest absolute Gasteiger partial charge is 0.295 e. The fourth-order valence-electron chi connectivity index (χ4n) is 3.44. The molecule has 0 aliphatic carbocycles. The number of benzene rings is 2. The van der Waals surface area contributed by atoms with Gasteiger partial charge in [0.25, 0.3) is 17.4 Å². The molecule has 3 aromatic rings. The van der Waals surface area contributed by atoms with E-state index in [-0.39, 0.29) is 17.2 Å². The zero-order valence-electron chi connectivity index (χ0n) is 18.7. The molecule has 8 nitrogen and oxygen atoms in total. The van der Waals surface area contributed by atoms with Crippen LogP contribution in [0.1, 0.15) is 36.3 Å². The van der Waals surface area contributed by atoms with E-state index in [1.807, 2.05) is 44.2 Å². The van der Waals surface area contributed by atoms with Crippen LogP contribution in [0.3, 0.4) is 0 Å². The van der Waals surface area contributed by atoms with Gasteiger partial charge in [0.05, 0.1) is 11.4 Å². The third kappa shape index (κ3) is 4.81. The minimum Gasteiger partial charge on any atom is -0.369 e. The van der Waals surface area contributed by atoms with E-state index in [1.54, 1.807) is 42.9 Å². The first-order chi connectivity index (χ1) is 15.4. The van der Waals surface area contributed by atoms with Crippen LogP contribution in [0.5, 0.6) is 0 Å². The Morgan fingerprint density at radius 2 is 1.75 bits per heavy atom. The zero-order chi connectivity index (χ0) is 23.3. The summed E-state index contributed by atoms with van der Waals surface area (Å²) in [6.07, 6.45) is -0.0122. The topological polar surface area (TPSA) is 94.4 Å². The molecule has 0 unspecified atom stereocenters. The molecule has 3 rings (SSSR count). The monoisotopic (exact) mass is 436 g/mol. The number of anilines is 2. The van der Waals surface area contributed by atoms with Crippen molar-refractivity contribution in [2.75, 3.05) is 17.2 Å². The summed E-state index contributed by atoms with van der Waals surface area (Å²) in [7, 11) is 1.76. The van der Waals surface area contributed by atoms with Crippen molar-refractivity contribution in [1.29, 1.82) is 0 Å². The highest BCUT2D eigenvalue weighted by molar-refractivity contribution is 6.05. The lowest BCUT2D eigenvalue weighted by molar-refractivity contribution is -0.127. The first-order valence-corrected chi connectivity index (χ1v) is 10.5. The average Bonchev–Trinajstić information content (AvgIpc) is 3.01. The molecule has 0 radical (unpaired) electrons. The van der Waals surface area contributed by atoms with Gasteiger partial charge in [-0.25, -0.2) is 4.68 Å². The van der Waals surface area contributed by atoms with Gasteiger partial charge in [-0.1, -0.05) is 31.2 Å². The molecule has 1 atom stereocenters. The van der Waals surface area contributed by atoms with E-state index in [4.69, 9.17) is 4.74 Å². The van der Waals surface area contributed by atoms with Gasteiger partial charge in [-0.15, -0.1) is 0 Å². The van der Waals surface area contributed by atoms with Gasteiger partial charge in [0.15, 0.2) is 0 Å². The number of para-hydroxylation sites is 1. The van der Waals surface area contributed by atoms with Crippen LogP contribution in [0.15, 0.2) is 59.4 Å². The first-order valence-electron chi connectivity index (χ1n) is 10.5. The number of carbonyl (C=O) groups excluding carboxylic acids is 2. The number of rotatable bonds is 8. The fourth-order valence-corrected chi connectivity index (χ4v) is 3.44. The van der Waals surface area contributed by atoms with Gasteiger partial charge in [-0.05, 0) is 50.6 Å². The van der Waals surface area contributed by atoms with Crippen molar-refractivity contribution in [3.63, 3.8) is 0 Å². The lowest BCUT2D eigenvalue weighted by Crippen LogP contribution is -2.30. The molecule has 8 heteroatoms. The molecule has 0 aliphatic heterocycles. The van der Waals surface area contributed by atoms with Gasteiger partial charge >= 0.3 is 0 Å². The van der Waals surface area contributed by atoms with Gasteiger partial charge in [-0.2, -0.15) is 0 Å². The number of nitrogens with zero attached hydrogens (tertiary/aromatic N) is 2. The number of amides is 2. The molecule has 0 aliphatic rings. The second kappa shape index (κ2) is 10.1. The van der Waals surface area contributed by atoms with E-state index in [2.05, 4.69) is 10.6 Å². The van der Waals surface area contributed by atoms with Gasteiger partial charge in [0.1, 0.15) is 11.8 Å². The lowest BCUT2D eigenvalue weighted by Gasteiger charge is -2.15.